The number of H-pyrrole nitrogens is 1. The monoisotopic (exact) mass is 333 g/mol. The standard InChI is InChI=1S/C19H15N3O3/c1-24-14-5-2-4-13(10-14)19(23)20-18-15-11-12(17-6-3-9-25-17)7-8-16(15)21-22-18/h2-11H,1H3,(H2,20,21,22,23). The molecule has 2 N–H and O–H groups in total. The van der Waals surface area contributed by atoms with Gasteiger partial charge in [0.1, 0.15) is 11.5 Å². The normalized spacial score (nSPS) is 10.8. The van der Waals surface area contributed by atoms with Gasteiger partial charge in [-0.2, -0.15) is 5.10 Å². The highest BCUT2D eigenvalue weighted by atomic mass is 16.5. The number of methoxy groups -OCH3 is 1. The van der Waals surface area contributed by atoms with Crippen LogP contribution in [0.3, 0.4) is 0 Å². The van der Waals surface area contributed by atoms with Crippen LogP contribution in [0.5, 0.6) is 5.75 Å². The molecule has 0 aliphatic carbocycles. The number of nitrogens with zero attached hydrogens (tertiary/aromatic N) is 1. The minimum absolute atomic E-state index is 0.254. The van der Waals surface area contributed by atoms with E-state index < -0.39 is 0 Å². The number of carbonyl (C=O) groups excluding carboxylic acids is 1. The molecule has 2 aromatic heterocycles. The van der Waals surface area contributed by atoms with Crippen molar-refractivity contribution in [1.82, 2.24) is 10.2 Å². The van der Waals surface area contributed by atoms with Gasteiger partial charge in [0.25, 0.3) is 5.91 Å². The van der Waals surface area contributed by atoms with Crippen LogP contribution < -0.4 is 10.1 Å². The van der Waals surface area contributed by atoms with Gasteiger partial charge in [-0.25, -0.2) is 0 Å². The fourth-order valence-corrected chi connectivity index (χ4v) is 2.65. The number of carbonyl (C=O) groups is 1. The first-order chi connectivity index (χ1) is 12.2. The highest BCUT2D eigenvalue weighted by molar-refractivity contribution is 6.08. The molecule has 4 rings (SSSR count). The zero-order chi connectivity index (χ0) is 17.2. The number of amides is 1. The van der Waals surface area contributed by atoms with E-state index in [1.54, 1.807) is 37.6 Å². The van der Waals surface area contributed by atoms with Crippen molar-refractivity contribution in [3.05, 3.63) is 66.4 Å². The highest BCUT2D eigenvalue weighted by Crippen LogP contribution is 2.28. The molecule has 4 aromatic rings. The zero-order valence-corrected chi connectivity index (χ0v) is 13.4. The van der Waals surface area contributed by atoms with Gasteiger partial charge in [0.2, 0.25) is 0 Å². The Bertz CT molecular complexity index is 1040. The fourth-order valence-electron chi connectivity index (χ4n) is 2.65. The van der Waals surface area contributed by atoms with E-state index in [4.69, 9.17) is 9.15 Å². The van der Waals surface area contributed by atoms with Crippen molar-refractivity contribution in [2.45, 2.75) is 0 Å². The maximum atomic E-state index is 12.5. The molecular formula is C19H15N3O3. The maximum absolute atomic E-state index is 12.5. The van der Waals surface area contributed by atoms with E-state index in [0.29, 0.717) is 17.1 Å². The third-order valence-corrected chi connectivity index (χ3v) is 3.93. The summed E-state index contributed by atoms with van der Waals surface area (Å²) >= 11 is 0. The van der Waals surface area contributed by atoms with E-state index in [1.165, 1.54) is 0 Å². The number of nitrogens with one attached hydrogen (secondary N) is 2. The summed E-state index contributed by atoms with van der Waals surface area (Å²) < 4.78 is 10.6. The lowest BCUT2D eigenvalue weighted by atomic mass is 10.1. The van der Waals surface area contributed by atoms with Crippen molar-refractivity contribution in [2.75, 3.05) is 12.4 Å². The Labute approximate surface area is 143 Å². The second kappa shape index (κ2) is 6.16. The zero-order valence-electron chi connectivity index (χ0n) is 13.4. The Hall–Kier alpha value is -3.54. The molecule has 124 valence electrons. The largest absolute Gasteiger partial charge is 0.497 e. The molecule has 25 heavy (non-hydrogen) atoms. The lowest BCUT2D eigenvalue weighted by Gasteiger charge is -2.05. The van der Waals surface area contributed by atoms with Gasteiger partial charge in [-0.3, -0.25) is 9.89 Å². The molecule has 0 saturated heterocycles. The number of aromatic amines is 1. The van der Waals surface area contributed by atoms with Crippen LogP contribution in [0.25, 0.3) is 22.2 Å². The average Bonchev–Trinajstić information content (AvgIpc) is 3.32. The van der Waals surface area contributed by atoms with E-state index in [2.05, 4.69) is 15.5 Å². The van der Waals surface area contributed by atoms with Gasteiger partial charge < -0.3 is 14.5 Å². The van der Waals surface area contributed by atoms with Gasteiger partial charge in [0.15, 0.2) is 5.82 Å². The molecule has 0 bridgehead atoms. The first-order valence-electron chi connectivity index (χ1n) is 7.72. The van der Waals surface area contributed by atoms with Crippen molar-refractivity contribution >= 4 is 22.6 Å². The molecule has 0 aliphatic heterocycles. The Morgan fingerprint density at radius 1 is 1.16 bits per heavy atom. The van der Waals surface area contributed by atoms with Crippen LogP contribution in [0.2, 0.25) is 0 Å². The van der Waals surface area contributed by atoms with Gasteiger partial charge in [0.05, 0.1) is 18.9 Å². The van der Waals surface area contributed by atoms with E-state index >= 15 is 0 Å². The van der Waals surface area contributed by atoms with Gasteiger partial charge in [-0.05, 0) is 48.5 Å². The lowest BCUT2D eigenvalue weighted by molar-refractivity contribution is 0.102. The molecule has 0 aliphatic rings. The molecule has 6 heteroatoms. The number of hydrogen-bond donors (Lipinski definition) is 2. The Morgan fingerprint density at radius 2 is 2.08 bits per heavy atom. The number of hydrogen-bond acceptors (Lipinski definition) is 4. The molecule has 0 spiro atoms. The number of furan rings is 1. The number of fused-ring (bicyclic) bond motifs is 1. The first-order valence-corrected chi connectivity index (χ1v) is 7.72. The van der Waals surface area contributed by atoms with Crippen molar-refractivity contribution in [1.29, 1.82) is 0 Å². The summed E-state index contributed by atoms with van der Waals surface area (Å²) in [5, 5.41) is 10.8. The molecule has 2 aromatic carbocycles. The molecule has 0 fully saturated rings. The minimum atomic E-state index is -0.254. The SMILES string of the molecule is COc1cccc(C(=O)Nc2n[nH]c3ccc(-c4ccco4)cc23)c1. The Kier molecular flexibility index (Phi) is 3.70. The molecule has 2 heterocycles. The number of rotatable bonds is 4. The molecule has 0 saturated carbocycles. The van der Waals surface area contributed by atoms with E-state index in [1.807, 2.05) is 30.3 Å². The average molecular weight is 333 g/mol. The number of benzene rings is 2. The third-order valence-electron chi connectivity index (χ3n) is 3.93. The first kappa shape index (κ1) is 15.0. The number of ether oxygens (including phenoxy) is 1. The van der Waals surface area contributed by atoms with Crippen LogP contribution in [-0.2, 0) is 0 Å². The fraction of sp³-hybridized carbons (Fsp3) is 0.0526. The van der Waals surface area contributed by atoms with Crippen molar-refractivity contribution in [3.63, 3.8) is 0 Å². The predicted octanol–water partition coefficient (Wildman–Crippen LogP) is 4.08. The van der Waals surface area contributed by atoms with E-state index in [0.717, 1.165) is 22.2 Å². The van der Waals surface area contributed by atoms with E-state index in [9.17, 15) is 4.79 Å². The summed E-state index contributed by atoms with van der Waals surface area (Å²) in [4.78, 5) is 12.5. The van der Waals surface area contributed by atoms with Gasteiger partial charge in [-0.15, -0.1) is 0 Å². The summed E-state index contributed by atoms with van der Waals surface area (Å²) in [6.07, 6.45) is 1.63. The molecule has 0 atom stereocenters. The second-order valence-electron chi connectivity index (χ2n) is 5.50. The second-order valence-corrected chi connectivity index (χ2v) is 5.50. The van der Waals surface area contributed by atoms with Gasteiger partial charge in [-0.1, -0.05) is 6.07 Å². The summed E-state index contributed by atoms with van der Waals surface area (Å²) in [6.45, 7) is 0. The van der Waals surface area contributed by atoms with Crippen LogP contribution in [-0.4, -0.2) is 23.2 Å². The van der Waals surface area contributed by atoms with Crippen LogP contribution in [0.4, 0.5) is 5.82 Å². The van der Waals surface area contributed by atoms with Crippen molar-refractivity contribution in [2.24, 2.45) is 0 Å². The molecule has 0 unspecified atom stereocenters. The van der Waals surface area contributed by atoms with Crippen LogP contribution >= 0.6 is 0 Å². The number of anilines is 1. The summed E-state index contributed by atoms with van der Waals surface area (Å²) in [7, 11) is 1.56. The van der Waals surface area contributed by atoms with Crippen LogP contribution in [0.15, 0.2) is 65.3 Å². The summed E-state index contributed by atoms with van der Waals surface area (Å²) in [5.41, 5.74) is 2.24. The third kappa shape index (κ3) is 2.85. The van der Waals surface area contributed by atoms with Gasteiger partial charge in [0, 0.05) is 16.5 Å². The summed E-state index contributed by atoms with van der Waals surface area (Å²) in [6, 6.07) is 16.4. The highest BCUT2D eigenvalue weighted by Gasteiger charge is 2.13. The lowest BCUT2D eigenvalue weighted by Crippen LogP contribution is -2.12. The quantitative estimate of drug-likeness (QED) is 0.589. The topological polar surface area (TPSA) is 80.1 Å². The molecule has 6 nitrogen and oxygen atoms in total. The maximum Gasteiger partial charge on any atom is 0.257 e. The number of aromatic nitrogens is 2. The Morgan fingerprint density at radius 3 is 2.88 bits per heavy atom. The smallest absolute Gasteiger partial charge is 0.257 e. The molecule has 0 radical (unpaired) electrons. The minimum Gasteiger partial charge on any atom is -0.497 e. The summed E-state index contributed by atoms with van der Waals surface area (Å²) in [5.74, 6) is 1.60. The van der Waals surface area contributed by atoms with E-state index in [-0.39, 0.29) is 5.91 Å². The van der Waals surface area contributed by atoms with Crippen molar-refractivity contribution < 1.29 is 13.9 Å². The van der Waals surface area contributed by atoms with Crippen molar-refractivity contribution in [3.8, 4) is 17.1 Å². The van der Waals surface area contributed by atoms with Crippen LogP contribution in [0.1, 0.15) is 10.4 Å². The van der Waals surface area contributed by atoms with Gasteiger partial charge >= 0.3 is 0 Å². The molecular weight excluding hydrogens is 318 g/mol. The Balaban J connectivity index is 1.67. The van der Waals surface area contributed by atoms with Crippen LogP contribution in [0, 0.1) is 0 Å². The predicted molar refractivity (Wildman–Crippen MR) is 94.7 cm³/mol. The molecule has 1 amide bonds.